The molecular formula is C17H23N3O3. The monoisotopic (exact) mass is 317 g/mol. The van der Waals surface area contributed by atoms with Crippen LogP contribution < -0.4 is 10.6 Å². The fourth-order valence-corrected chi connectivity index (χ4v) is 3.22. The first kappa shape index (κ1) is 15.8. The number of carbonyl (C=O) groups excluding carboxylic acids is 2. The van der Waals surface area contributed by atoms with Crippen LogP contribution in [0.5, 0.6) is 0 Å². The molecule has 2 heterocycles. The second-order valence-electron chi connectivity index (χ2n) is 6.50. The summed E-state index contributed by atoms with van der Waals surface area (Å²) in [6.45, 7) is 4.87. The Kier molecular flexibility index (Phi) is 4.52. The van der Waals surface area contributed by atoms with Gasteiger partial charge in [-0.1, -0.05) is 18.2 Å². The Morgan fingerprint density at radius 2 is 1.96 bits per heavy atom. The highest BCUT2D eigenvalue weighted by atomic mass is 16.5. The van der Waals surface area contributed by atoms with Gasteiger partial charge in [0.2, 0.25) is 5.91 Å². The number of rotatable bonds is 3. The number of amides is 3. The molecule has 0 aliphatic carbocycles. The van der Waals surface area contributed by atoms with Crippen molar-refractivity contribution < 1.29 is 14.3 Å². The molecule has 3 rings (SSSR count). The predicted octanol–water partition coefficient (Wildman–Crippen LogP) is 1.83. The number of benzene rings is 1. The van der Waals surface area contributed by atoms with Crippen molar-refractivity contribution in [2.45, 2.75) is 38.5 Å². The summed E-state index contributed by atoms with van der Waals surface area (Å²) < 4.78 is 5.86. The van der Waals surface area contributed by atoms with E-state index < -0.39 is 0 Å². The van der Waals surface area contributed by atoms with Gasteiger partial charge in [-0.25, -0.2) is 4.79 Å². The summed E-state index contributed by atoms with van der Waals surface area (Å²) in [6, 6.07) is 9.34. The van der Waals surface area contributed by atoms with Crippen LogP contribution in [-0.2, 0) is 9.53 Å². The van der Waals surface area contributed by atoms with E-state index in [1.54, 1.807) is 4.90 Å². The molecule has 2 fully saturated rings. The largest absolute Gasteiger partial charge is 0.370 e. The van der Waals surface area contributed by atoms with E-state index in [0.29, 0.717) is 19.5 Å². The van der Waals surface area contributed by atoms with Gasteiger partial charge in [0, 0.05) is 24.8 Å². The zero-order valence-electron chi connectivity index (χ0n) is 13.5. The topological polar surface area (TPSA) is 70.7 Å². The molecule has 1 aromatic carbocycles. The molecule has 6 nitrogen and oxygen atoms in total. The highest BCUT2D eigenvalue weighted by Crippen LogP contribution is 2.32. The van der Waals surface area contributed by atoms with Crippen LogP contribution >= 0.6 is 0 Å². The Hall–Kier alpha value is -2.08. The van der Waals surface area contributed by atoms with Gasteiger partial charge < -0.3 is 20.3 Å². The molecule has 0 unspecified atom stereocenters. The van der Waals surface area contributed by atoms with Gasteiger partial charge in [-0.05, 0) is 32.4 Å². The van der Waals surface area contributed by atoms with E-state index in [2.05, 4.69) is 10.6 Å². The van der Waals surface area contributed by atoms with Crippen LogP contribution in [0.1, 0.15) is 20.3 Å². The van der Waals surface area contributed by atoms with Crippen molar-refractivity contribution in [3.63, 3.8) is 0 Å². The average Bonchev–Trinajstić information content (AvgIpc) is 2.82. The number of hydrogen-bond donors (Lipinski definition) is 2. The highest BCUT2D eigenvalue weighted by Gasteiger charge is 2.45. The van der Waals surface area contributed by atoms with Gasteiger partial charge in [-0.3, -0.25) is 4.79 Å². The number of morpholine rings is 1. The van der Waals surface area contributed by atoms with E-state index in [1.807, 2.05) is 44.2 Å². The molecule has 2 aliphatic rings. The van der Waals surface area contributed by atoms with Crippen LogP contribution in [0, 0.1) is 5.92 Å². The van der Waals surface area contributed by atoms with Crippen molar-refractivity contribution in [3.05, 3.63) is 30.3 Å². The van der Waals surface area contributed by atoms with E-state index in [9.17, 15) is 9.59 Å². The Morgan fingerprint density at radius 1 is 1.22 bits per heavy atom. The molecular weight excluding hydrogens is 294 g/mol. The standard InChI is InChI=1S/C17H23N3O3/c1-11(2)18-16(21)14-8-13-9-20(10-15(14)23-13)17(22)19-12-6-4-3-5-7-12/h3-7,11,13-15H,8-10H2,1-2H3,(H,18,21)(H,19,22)/t13-,14+,15-/m1/s1. The zero-order chi connectivity index (χ0) is 16.4. The number of para-hydroxylation sites is 1. The third kappa shape index (κ3) is 3.64. The fraction of sp³-hybridized carbons (Fsp3) is 0.529. The van der Waals surface area contributed by atoms with Crippen molar-refractivity contribution in [1.29, 1.82) is 0 Å². The average molecular weight is 317 g/mol. The quantitative estimate of drug-likeness (QED) is 0.893. The molecule has 23 heavy (non-hydrogen) atoms. The van der Waals surface area contributed by atoms with Gasteiger partial charge in [-0.2, -0.15) is 0 Å². The van der Waals surface area contributed by atoms with E-state index in [-0.39, 0.29) is 36.1 Å². The summed E-state index contributed by atoms with van der Waals surface area (Å²) in [7, 11) is 0. The molecule has 2 bridgehead atoms. The van der Waals surface area contributed by atoms with E-state index in [1.165, 1.54) is 0 Å². The molecule has 0 aromatic heterocycles. The summed E-state index contributed by atoms with van der Waals surface area (Å²) in [4.78, 5) is 26.4. The lowest BCUT2D eigenvalue weighted by Crippen LogP contribution is -2.49. The summed E-state index contributed by atoms with van der Waals surface area (Å²) >= 11 is 0. The second-order valence-corrected chi connectivity index (χ2v) is 6.50. The van der Waals surface area contributed by atoms with Crippen LogP contribution in [0.3, 0.4) is 0 Å². The summed E-state index contributed by atoms with van der Waals surface area (Å²) in [6.07, 6.45) is 0.408. The Balaban J connectivity index is 1.61. The minimum atomic E-state index is -0.214. The second kappa shape index (κ2) is 6.58. The molecule has 3 amide bonds. The maximum absolute atomic E-state index is 12.4. The Bertz CT molecular complexity index is 576. The van der Waals surface area contributed by atoms with Crippen LogP contribution in [0.15, 0.2) is 30.3 Å². The summed E-state index contributed by atoms with van der Waals surface area (Å²) in [5.74, 6) is -0.144. The number of nitrogens with one attached hydrogen (secondary N) is 2. The first-order chi connectivity index (χ1) is 11.0. The number of ether oxygens (including phenoxy) is 1. The Morgan fingerprint density at radius 3 is 2.65 bits per heavy atom. The smallest absolute Gasteiger partial charge is 0.322 e. The van der Waals surface area contributed by atoms with Crippen molar-refractivity contribution in [1.82, 2.24) is 10.2 Å². The minimum Gasteiger partial charge on any atom is -0.370 e. The molecule has 1 aromatic rings. The molecule has 2 aliphatic heterocycles. The fourth-order valence-electron chi connectivity index (χ4n) is 3.22. The van der Waals surface area contributed by atoms with Crippen LogP contribution in [-0.4, -0.2) is 48.2 Å². The molecule has 0 radical (unpaired) electrons. The minimum absolute atomic E-state index is 0.0258. The molecule has 0 saturated carbocycles. The molecule has 2 N–H and O–H groups in total. The van der Waals surface area contributed by atoms with Crippen LogP contribution in [0.4, 0.5) is 10.5 Å². The van der Waals surface area contributed by atoms with Crippen LogP contribution in [0.2, 0.25) is 0 Å². The summed E-state index contributed by atoms with van der Waals surface area (Å²) in [5.41, 5.74) is 0.769. The van der Waals surface area contributed by atoms with E-state index in [4.69, 9.17) is 4.74 Å². The maximum Gasteiger partial charge on any atom is 0.322 e. The first-order valence-corrected chi connectivity index (χ1v) is 8.09. The lowest BCUT2D eigenvalue weighted by Gasteiger charge is -2.32. The van der Waals surface area contributed by atoms with Gasteiger partial charge in [0.05, 0.1) is 18.1 Å². The molecule has 0 spiro atoms. The number of anilines is 1. The van der Waals surface area contributed by atoms with Crippen molar-refractivity contribution in [2.24, 2.45) is 5.92 Å². The number of urea groups is 1. The third-order valence-corrected chi connectivity index (χ3v) is 4.24. The van der Waals surface area contributed by atoms with E-state index in [0.717, 1.165) is 5.69 Å². The van der Waals surface area contributed by atoms with Gasteiger partial charge in [0.25, 0.3) is 0 Å². The van der Waals surface area contributed by atoms with Gasteiger partial charge >= 0.3 is 6.03 Å². The molecule has 3 atom stereocenters. The molecule has 124 valence electrons. The normalized spacial score (nSPS) is 26.2. The predicted molar refractivity (Wildman–Crippen MR) is 87.1 cm³/mol. The van der Waals surface area contributed by atoms with Crippen molar-refractivity contribution in [3.8, 4) is 0 Å². The lowest BCUT2D eigenvalue weighted by atomic mass is 9.99. The van der Waals surface area contributed by atoms with Gasteiger partial charge in [0.15, 0.2) is 0 Å². The third-order valence-electron chi connectivity index (χ3n) is 4.24. The van der Waals surface area contributed by atoms with Crippen molar-refractivity contribution in [2.75, 3.05) is 18.4 Å². The molecule has 6 heteroatoms. The van der Waals surface area contributed by atoms with Crippen LogP contribution in [0.25, 0.3) is 0 Å². The van der Waals surface area contributed by atoms with Gasteiger partial charge in [-0.15, -0.1) is 0 Å². The number of hydrogen-bond acceptors (Lipinski definition) is 3. The van der Waals surface area contributed by atoms with Gasteiger partial charge in [0.1, 0.15) is 0 Å². The first-order valence-electron chi connectivity index (χ1n) is 8.09. The summed E-state index contributed by atoms with van der Waals surface area (Å²) in [5, 5.41) is 5.83. The maximum atomic E-state index is 12.4. The Labute approximate surface area is 136 Å². The zero-order valence-corrected chi connectivity index (χ0v) is 13.5. The number of nitrogens with zero attached hydrogens (tertiary/aromatic N) is 1. The highest BCUT2D eigenvalue weighted by molar-refractivity contribution is 5.89. The number of carbonyl (C=O) groups is 2. The SMILES string of the molecule is CC(C)NC(=O)[C@H]1C[C@@H]2CN(C(=O)Nc3ccccc3)C[C@H]1O2. The number of fused-ring (bicyclic) bond motifs is 2. The van der Waals surface area contributed by atoms with Crippen molar-refractivity contribution >= 4 is 17.6 Å². The van der Waals surface area contributed by atoms with E-state index >= 15 is 0 Å². The molecule has 2 saturated heterocycles. The number of likely N-dealkylation sites (tertiary alicyclic amines) is 1. The lowest BCUT2D eigenvalue weighted by molar-refractivity contribution is -0.128.